The van der Waals surface area contributed by atoms with Crippen LogP contribution in [0.3, 0.4) is 0 Å². The van der Waals surface area contributed by atoms with E-state index in [9.17, 15) is 5.26 Å². The average Bonchev–Trinajstić information content (AvgIpc) is 3.23. The predicted molar refractivity (Wildman–Crippen MR) is 107 cm³/mol. The average molecular weight is 372 g/mol. The van der Waals surface area contributed by atoms with Crippen LogP contribution in [-0.4, -0.2) is 35.4 Å². The molecule has 2 bridgehead atoms. The summed E-state index contributed by atoms with van der Waals surface area (Å²) < 4.78 is 5.26. The van der Waals surface area contributed by atoms with E-state index in [2.05, 4.69) is 26.2 Å². The molecular formula is C21H20N6O. The molecule has 1 aromatic carbocycles. The maximum absolute atomic E-state index is 9.86. The minimum atomic E-state index is 0.298. The molecule has 3 aliphatic rings. The van der Waals surface area contributed by atoms with E-state index in [1.54, 1.807) is 13.3 Å². The molecule has 140 valence electrons. The van der Waals surface area contributed by atoms with Crippen molar-refractivity contribution in [1.29, 1.82) is 5.26 Å². The monoisotopic (exact) mass is 372 g/mol. The molecule has 7 nitrogen and oxygen atoms in total. The van der Waals surface area contributed by atoms with Gasteiger partial charge in [0.1, 0.15) is 23.2 Å². The van der Waals surface area contributed by atoms with Gasteiger partial charge in [0, 0.05) is 35.7 Å². The lowest BCUT2D eigenvalue weighted by atomic mass is 9.82. The second-order valence-corrected chi connectivity index (χ2v) is 7.24. The second kappa shape index (κ2) is 6.27. The summed E-state index contributed by atoms with van der Waals surface area (Å²) in [6, 6.07) is 10.1. The van der Waals surface area contributed by atoms with E-state index >= 15 is 0 Å². The highest BCUT2D eigenvalue weighted by molar-refractivity contribution is 5.94. The minimum Gasteiger partial charge on any atom is -0.497 e. The van der Waals surface area contributed by atoms with Crippen molar-refractivity contribution >= 4 is 11.5 Å². The standard InChI is InChI=1S/C21H20N6O/c1-28-14-4-2-12(3-5-14)18-16(11-24-26-18)17-15(10-22)21(23)25-19-13-6-8-27(9-7-13)20(17)19/h2-5,11,13H,6-9H2,1H3,(H2,23,25)(H,24,26). The van der Waals surface area contributed by atoms with E-state index in [0.29, 0.717) is 17.3 Å². The number of rotatable bonds is 3. The largest absolute Gasteiger partial charge is 0.497 e. The summed E-state index contributed by atoms with van der Waals surface area (Å²) in [5.41, 5.74) is 12.2. The van der Waals surface area contributed by atoms with Gasteiger partial charge in [0.05, 0.1) is 30.4 Å². The van der Waals surface area contributed by atoms with Crippen LogP contribution in [0, 0.1) is 11.3 Å². The molecule has 2 aromatic heterocycles. The lowest BCUT2D eigenvalue weighted by Gasteiger charge is -2.42. The molecule has 5 heterocycles. The molecule has 0 spiro atoms. The van der Waals surface area contributed by atoms with Gasteiger partial charge in [-0.05, 0) is 37.1 Å². The summed E-state index contributed by atoms with van der Waals surface area (Å²) in [4.78, 5) is 6.97. The number of piperidine rings is 1. The molecule has 0 saturated carbocycles. The lowest BCUT2D eigenvalue weighted by Crippen LogP contribution is -2.40. The Balaban J connectivity index is 1.75. The Hall–Kier alpha value is -3.53. The minimum absolute atomic E-state index is 0.298. The van der Waals surface area contributed by atoms with E-state index in [1.165, 1.54) is 0 Å². The number of anilines is 2. The van der Waals surface area contributed by atoms with Crippen molar-refractivity contribution in [2.75, 3.05) is 30.8 Å². The molecule has 7 heteroatoms. The van der Waals surface area contributed by atoms with Crippen LogP contribution >= 0.6 is 0 Å². The number of hydrogen-bond acceptors (Lipinski definition) is 6. The van der Waals surface area contributed by atoms with Crippen molar-refractivity contribution < 1.29 is 4.74 Å². The number of hydrogen-bond donors (Lipinski definition) is 2. The van der Waals surface area contributed by atoms with Crippen LogP contribution in [0.4, 0.5) is 11.5 Å². The first kappa shape index (κ1) is 16.6. The smallest absolute Gasteiger partial charge is 0.142 e. The third-order valence-corrected chi connectivity index (χ3v) is 5.82. The van der Waals surface area contributed by atoms with Crippen molar-refractivity contribution in [1.82, 2.24) is 15.2 Å². The summed E-state index contributed by atoms with van der Waals surface area (Å²) in [5.74, 6) is 1.49. The quantitative estimate of drug-likeness (QED) is 0.731. The first-order valence-corrected chi connectivity index (χ1v) is 9.37. The van der Waals surface area contributed by atoms with E-state index in [4.69, 9.17) is 10.5 Å². The van der Waals surface area contributed by atoms with Crippen LogP contribution in [0.1, 0.15) is 30.0 Å². The number of aromatic amines is 1. The van der Waals surface area contributed by atoms with Crippen LogP contribution in [0.15, 0.2) is 30.5 Å². The Labute approximate surface area is 162 Å². The fourth-order valence-electron chi connectivity index (χ4n) is 4.42. The van der Waals surface area contributed by atoms with Gasteiger partial charge in [-0.1, -0.05) is 0 Å². The number of ether oxygens (including phenoxy) is 1. The SMILES string of the molecule is COc1ccc(-c2[nH]ncc2-c2c(C#N)c(N)nc3c2N2CCC3CC2)cc1. The molecule has 1 saturated heterocycles. The van der Waals surface area contributed by atoms with Gasteiger partial charge in [-0.15, -0.1) is 0 Å². The van der Waals surface area contributed by atoms with Gasteiger partial charge < -0.3 is 15.4 Å². The molecule has 0 radical (unpaired) electrons. The normalized spacial score (nSPS) is 15.4. The number of nitriles is 1. The molecule has 3 aromatic rings. The number of benzene rings is 1. The number of pyridine rings is 1. The summed E-state index contributed by atoms with van der Waals surface area (Å²) in [6.07, 6.45) is 3.95. The number of H-pyrrole nitrogens is 1. The number of methoxy groups -OCH3 is 1. The number of nitrogens with zero attached hydrogens (tertiary/aromatic N) is 4. The van der Waals surface area contributed by atoms with E-state index < -0.39 is 0 Å². The highest BCUT2D eigenvalue weighted by Crippen LogP contribution is 2.49. The third kappa shape index (κ3) is 2.34. The maximum atomic E-state index is 9.86. The van der Waals surface area contributed by atoms with Crippen LogP contribution in [-0.2, 0) is 0 Å². The van der Waals surface area contributed by atoms with E-state index in [0.717, 1.165) is 65.4 Å². The zero-order valence-electron chi connectivity index (χ0n) is 15.6. The molecule has 3 N–H and O–H groups in total. The molecule has 3 aliphatic heterocycles. The van der Waals surface area contributed by atoms with Gasteiger partial charge >= 0.3 is 0 Å². The number of aromatic nitrogens is 3. The van der Waals surface area contributed by atoms with Gasteiger partial charge in [-0.2, -0.15) is 10.4 Å². The summed E-state index contributed by atoms with van der Waals surface area (Å²) in [6.45, 7) is 1.97. The Morgan fingerprint density at radius 3 is 2.68 bits per heavy atom. The topological polar surface area (TPSA) is 104 Å². The van der Waals surface area contributed by atoms with Crippen molar-refractivity contribution in [3.63, 3.8) is 0 Å². The Morgan fingerprint density at radius 2 is 2.00 bits per heavy atom. The zero-order valence-corrected chi connectivity index (χ0v) is 15.6. The van der Waals surface area contributed by atoms with Gasteiger partial charge in [0.15, 0.2) is 0 Å². The third-order valence-electron chi connectivity index (χ3n) is 5.82. The van der Waals surface area contributed by atoms with Crippen molar-refractivity contribution in [2.45, 2.75) is 18.8 Å². The van der Waals surface area contributed by atoms with Crippen LogP contribution in [0.2, 0.25) is 0 Å². The Kier molecular flexibility index (Phi) is 3.72. The Morgan fingerprint density at radius 1 is 1.25 bits per heavy atom. The molecule has 0 aliphatic carbocycles. The number of fused-ring (bicyclic) bond motifs is 2. The summed E-state index contributed by atoms with van der Waals surface area (Å²) in [5, 5.41) is 17.3. The number of nitrogens with two attached hydrogens (primary N) is 1. The predicted octanol–water partition coefficient (Wildman–Crippen LogP) is 3.30. The van der Waals surface area contributed by atoms with Crippen LogP contribution < -0.4 is 15.4 Å². The molecule has 0 unspecified atom stereocenters. The molecule has 6 rings (SSSR count). The van der Waals surface area contributed by atoms with Crippen LogP contribution in [0.25, 0.3) is 22.4 Å². The van der Waals surface area contributed by atoms with E-state index in [1.807, 2.05) is 24.3 Å². The summed E-state index contributed by atoms with van der Waals surface area (Å²) in [7, 11) is 1.64. The molecule has 0 atom stereocenters. The molecule has 28 heavy (non-hydrogen) atoms. The highest BCUT2D eigenvalue weighted by Gasteiger charge is 2.37. The number of nitrogens with one attached hydrogen (secondary N) is 1. The fraction of sp³-hybridized carbons (Fsp3) is 0.286. The highest BCUT2D eigenvalue weighted by atomic mass is 16.5. The number of nitrogen functional groups attached to an aromatic ring is 1. The van der Waals surface area contributed by atoms with Crippen molar-refractivity contribution in [3.05, 3.63) is 41.7 Å². The van der Waals surface area contributed by atoms with Gasteiger partial charge in [0.25, 0.3) is 0 Å². The van der Waals surface area contributed by atoms with Gasteiger partial charge in [0.2, 0.25) is 0 Å². The first-order valence-electron chi connectivity index (χ1n) is 9.37. The lowest BCUT2D eigenvalue weighted by molar-refractivity contribution is 0.415. The van der Waals surface area contributed by atoms with Crippen molar-refractivity contribution in [2.24, 2.45) is 0 Å². The van der Waals surface area contributed by atoms with Gasteiger partial charge in [-0.25, -0.2) is 4.98 Å². The second-order valence-electron chi connectivity index (χ2n) is 7.24. The maximum Gasteiger partial charge on any atom is 0.142 e. The molecule has 1 fully saturated rings. The van der Waals surface area contributed by atoms with Gasteiger partial charge in [-0.3, -0.25) is 5.10 Å². The first-order chi connectivity index (χ1) is 13.7. The zero-order chi connectivity index (χ0) is 19.3. The fourth-order valence-corrected chi connectivity index (χ4v) is 4.42. The van der Waals surface area contributed by atoms with E-state index in [-0.39, 0.29) is 0 Å². The Bertz CT molecular complexity index is 1090. The van der Waals surface area contributed by atoms with Crippen LogP contribution in [0.5, 0.6) is 5.75 Å². The molecular weight excluding hydrogens is 352 g/mol. The molecule has 0 amide bonds. The van der Waals surface area contributed by atoms with Crippen molar-refractivity contribution in [3.8, 4) is 34.2 Å². The summed E-state index contributed by atoms with van der Waals surface area (Å²) >= 11 is 0.